The number of nitro benzene ring substituents is 1. The van der Waals surface area contributed by atoms with Crippen molar-refractivity contribution in [1.29, 1.82) is 0 Å². The van der Waals surface area contributed by atoms with E-state index in [4.69, 9.17) is 5.73 Å². The van der Waals surface area contributed by atoms with Crippen LogP contribution in [0.1, 0.15) is 31.9 Å². The van der Waals surface area contributed by atoms with E-state index in [0.717, 1.165) is 0 Å². The molecule has 0 radical (unpaired) electrons. The number of likely N-dealkylation sites (tertiary alicyclic amines) is 1. The number of rotatable bonds is 4. The Morgan fingerprint density at radius 1 is 1.45 bits per heavy atom. The van der Waals surface area contributed by atoms with Gasteiger partial charge in [-0.1, -0.05) is 32.0 Å². The summed E-state index contributed by atoms with van der Waals surface area (Å²) in [5, 5.41) is 11.2. The van der Waals surface area contributed by atoms with Crippen molar-refractivity contribution < 1.29 is 9.72 Å². The molecule has 20 heavy (non-hydrogen) atoms. The summed E-state index contributed by atoms with van der Waals surface area (Å²) >= 11 is 0. The molecule has 6 nitrogen and oxygen atoms in total. The molecule has 0 aliphatic carbocycles. The number of carbonyl (C=O) groups excluding carboxylic acids is 1. The Labute approximate surface area is 117 Å². The van der Waals surface area contributed by atoms with E-state index in [9.17, 15) is 14.9 Å². The van der Waals surface area contributed by atoms with E-state index in [0.29, 0.717) is 12.1 Å². The molecule has 2 atom stereocenters. The molecule has 1 aliphatic rings. The predicted molar refractivity (Wildman–Crippen MR) is 75.0 cm³/mol. The molecule has 1 aromatic carbocycles. The van der Waals surface area contributed by atoms with E-state index in [1.807, 2.05) is 13.8 Å². The Bertz CT molecular complexity index is 530. The summed E-state index contributed by atoms with van der Waals surface area (Å²) in [5.74, 6) is 0.254. The van der Waals surface area contributed by atoms with Gasteiger partial charge in [0.15, 0.2) is 0 Å². The Morgan fingerprint density at radius 2 is 2.10 bits per heavy atom. The first-order valence-electron chi connectivity index (χ1n) is 6.70. The fraction of sp³-hybridized carbons (Fsp3) is 0.500. The Balaban J connectivity index is 2.43. The molecule has 2 unspecified atom stereocenters. The number of nitro groups is 1. The lowest BCUT2D eigenvalue weighted by atomic mass is 9.98. The van der Waals surface area contributed by atoms with Gasteiger partial charge < -0.3 is 10.6 Å². The van der Waals surface area contributed by atoms with Gasteiger partial charge in [-0.25, -0.2) is 0 Å². The Morgan fingerprint density at radius 3 is 2.70 bits per heavy atom. The summed E-state index contributed by atoms with van der Waals surface area (Å²) in [6, 6.07) is 5.70. The van der Waals surface area contributed by atoms with E-state index in [-0.39, 0.29) is 23.9 Å². The highest BCUT2D eigenvalue weighted by molar-refractivity contribution is 5.80. The summed E-state index contributed by atoms with van der Waals surface area (Å²) in [7, 11) is 0. The van der Waals surface area contributed by atoms with Gasteiger partial charge in [-0.05, 0) is 5.92 Å². The molecular weight excluding hydrogens is 258 g/mol. The second-order valence-electron chi connectivity index (χ2n) is 5.57. The third kappa shape index (κ3) is 2.65. The van der Waals surface area contributed by atoms with Gasteiger partial charge in [-0.2, -0.15) is 0 Å². The number of benzene rings is 1. The van der Waals surface area contributed by atoms with Gasteiger partial charge in [0, 0.05) is 25.1 Å². The smallest absolute Gasteiger partial charge is 0.274 e. The maximum Gasteiger partial charge on any atom is 0.274 e. The molecule has 1 heterocycles. The topological polar surface area (TPSA) is 89.5 Å². The minimum absolute atomic E-state index is 0.0245. The van der Waals surface area contributed by atoms with Crippen LogP contribution in [0.5, 0.6) is 0 Å². The highest BCUT2D eigenvalue weighted by Gasteiger charge is 2.41. The van der Waals surface area contributed by atoms with Gasteiger partial charge in [0.2, 0.25) is 5.91 Å². The van der Waals surface area contributed by atoms with Gasteiger partial charge >= 0.3 is 0 Å². The van der Waals surface area contributed by atoms with E-state index in [1.165, 1.54) is 6.07 Å². The van der Waals surface area contributed by atoms with Crippen LogP contribution in [0.3, 0.4) is 0 Å². The zero-order valence-corrected chi connectivity index (χ0v) is 11.7. The molecule has 2 N–H and O–H groups in total. The first-order chi connectivity index (χ1) is 9.41. The van der Waals surface area contributed by atoms with Crippen molar-refractivity contribution in [2.45, 2.75) is 32.4 Å². The summed E-state index contributed by atoms with van der Waals surface area (Å²) in [5.41, 5.74) is 6.60. The fourth-order valence-electron chi connectivity index (χ4n) is 2.73. The van der Waals surface area contributed by atoms with Crippen LogP contribution >= 0.6 is 0 Å². The average molecular weight is 277 g/mol. The summed E-state index contributed by atoms with van der Waals surface area (Å²) < 4.78 is 0. The van der Waals surface area contributed by atoms with Gasteiger partial charge in [-0.3, -0.25) is 14.9 Å². The molecule has 108 valence electrons. The van der Waals surface area contributed by atoms with Crippen molar-refractivity contribution in [2.75, 3.05) is 6.54 Å². The van der Waals surface area contributed by atoms with E-state index in [2.05, 4.69) is 0 Å². The number of para-hydroxylation sites is 1. The number of carbonyl (C=O) groups is 1. The van der Waals surface area contributed by atoms with Crippen molar-refractivity contribution in [3.05, 3.63) is 39.9 Å². The summed E-state index contributed by atoms with van der Waals surface area (Å²) in [6.45, 7) is 4.57. The average Bonchev–Trinajstić information content (AvgIpc) is 2.63. The first kappa shape index (κ1) is 14.5. The lowest BCUT2D eigenvalue weighted by Crippen LogP contribution is -2.35. The summed E-state index contributed by atoms with van der Waals surface area (Å²) in [6.07, 6.45) is 0.240. The lowest BCUT2D eigenvalue weighted by Gasteiger charge is -2.28. The zero-order chi connectivity index (χ0) is 14.9. The van der Waals surface area contributed by atoms with Crippen molar-refractivity contribution in [3.63, 3.8) is 0 Å². The van der Waals surface area contributed by atoms with Gasteiger partial charge in [0.05, 0.1) is 16.5 Å². The third-order valence-corrected chi connectivity index (χ3v) is 3.49. The molecule has 2 rings (SSSR count). The first-order valence-corrected chi connectivity index (χ1v) is 6.70. The molecule has 0 saturated carbocycles. The minimum atomic E-state index is -0.418. The number of nitrogens with zero attached hydrogens (tertiary/aromatic N) is 2. The van der Waals surface area contributed by atoms with E-state index < -0.39 is 17.0 Å². The molecule has 6 heteroatoms. The number of hydrogen-bond donors (Lipinski definition) is 1. The SMILES string of the molecule is CC(C)CN1C(=O)CC(N)C1c1ccccc1[N+](=O)[O-]. The van der Waals surface area contributed by atoms with Crippen molar-refractivity contribution in [2.24, 2.45) is 11.7 Å². The second kappa shape index (κ2) is 5.58. The Hall–Kier alpha value is -1.95. The lowest BCUT2D eigenvalue weighted by molar-refractivity contribution is -0.386. The van der Waals surface area contributed by atoms with Crippen LogP contribution in [0.4, 0.5) is 5.69 Å². The molecule has 1 saturated heterocycles. The molecule has 1 aromatic rings. The van der Waals surface area contributed by atoms with Crippen LogP contribution in [0.15, 0.2) is 24.3 Å². The number of hydrogen-bond acceptors (Lipinski definition) is 4. The van der Waals surface area contributed by atoms with Crippen LogP contribution in [0.2, 0.25) is 0 Å². The van der Waals surface area contributed by atoms with Crippen LogP contribution in [-0.4, -0.2) is 28.3 Å². The van der Waals surface area contributed by atoms with Crippen molar-refractivity contribution in [3.8, 4) is 0 Å². The normalized spacial score (nSPS) is 22.6. The molecular formula is C14H19N3O3. The molecule has 1 aliphatic heterocycles. The molecule has 0 bridgehead atoms. The highest BCUT2D eigenvalue weighted by atomic mass is 16.6. The molecule has 1 amide bonds. The van der Waals surface area contributed by atoms with Crippen LogP contribution in [-0.2, 0) is 4.79 Å². The van der Waals surface area contributed by atoms with Crippen LogP contribution in [0, 0.1) is 16.0 Å². The molecule has 0 aromatic heterocycles. The van der Waals surface area contributed by atoms with Crippen molar-refractivity contribution >= 4 is 11.6 Å². The van der Waals surface area contributed by atoms with Crippen LogP contribution < -0.4 is 5.73 Å². The maximum atomic E-state index is 12.1. The van der Waals surface area contributed by atoms with Gasteiger partial charge in [-0.15, -0.1) is 0 Å². The van der Waals surface area contributed by atoms with E-state index in [1.54, 1.807) is 23.1 Å². The van der Waals surface area contributed by atoms with E-state index >= 15 is 0 Å². The third-order valence-electron chi connectivity index (χ3n) is 3.49. The Kier molecular flexibility index (Phi) is 4.04. The second-order valence-corrected chi connectivity index (χ2v) is 5.57. The highest BCUT2D eigenvalue weighted by Crippen LogP contribution is 2.37. The molecule has 0 spiro atoms. The van der Waals surface area contributed by atoms with Crippen LogP contribution in [0.25, 0.3) is 0 Å². The summed E-state index contributed by atoms with van der Waals surface area (Å²) in [4.78, 5) is 24.5. The number of amides is 1. The predicted octanol–water partition coefficient (Wildman–Crippen LogP) is 1.85. The maximum absolute atomic E-state index is 12.1. The zero-order valence-electron chi connectivity index (χ0n) is 11.7. The molecule has 1 fully saturated rings. The number of nitrogens with two attached hydrogens (primary N) is 1. The standard InChI is InChI=1S/C14H19N3O3/c1-9(2)8-16-13(18)7-11(15)14(16)10-5-3-4-6-12(10)17(19)20/h3-6,9,11,14H,7-8,15H2,1-2H3. The quantitative estimate of drug-likeness (QED) is 0.671. The van der Waals surface area contributed by atoms with Gasteiger partial charge in [0.25, 0.3) is 5.69 Å². The largest absolute Gasteiger partial charge is 0.333 e. The minimum Gasteiger partial charge on any atom is -0.333 e. The monoisotopic (exact) mass is 277 g/mol. The van der Waals surface area contributed by atoms with Gasteiger partial charge in [0.1, 0.15) is 0 Å². The fourth-order valence-corrected chi connectivity index (χ4v) is 2.73. The van der Waals surface area contributed by atoms with Crippen molar-refractivity contribution in [1.82, 2.24) is 4.90 Å².